The summed E-state index contributed by atoms with van der Waals surface area (Å²) >= 11 is 0. The molecule has 1 unspecified atom stereocenters. The van der Waals surface area contributed by atoms with Gasteiger partial charge in [0.1, 0.15) is 0 Å². The second-order valence-corrected chi connectivity index (χ2v) is 6.29. The van der Waals surface area contributed by atoms with Gasteiger partial charge < -0.3 is 9.40 Å². The van der Waals surface area contributed by atoms with Crippen LogP contribution >= 0.6 is 0 Å². The average molecular weight is 348 g/mol. The maximum Gasteiger partial charge on any atom is 0.340 e. The summed E-state index contributed by atoms with van der Waals surface area (Å²) in [5.41, 5.74) is 2.25. The summed E-state index contributed by atoms with van der Waals surface area (Å²) in [7, 11) is 1.90. The zero-order chi connectivity index (χ0) is 18.4. The number of aryl methyl sites for hydroxylation is 1. The fraction of sp³-hybridized carbons (Fsp3) is 0.150. The number of hydroxylamine groups is 2. The molecular weight excluding hydrogens is 332 g/mol. The molecule has 1 aromatic heterocycles. The second-order valence-electron chi connectivity index (χ2n) is 6.29. The van der Waals surface area contributed by atoms with Crippen molar-refractivity contribution in [3.05, 3.63) is 71.4 Å². The molecule has 0 fully saturated rings. The molecular formula is C20H16N2O4. The van der Waals surface area contributed by atoms with Crippen molar-refractivity contribution in [3.8, 4) is 0 Å². The van der Waals surface area contributed by atoms with E-state index in [1.54, 1.807) is 19.1 Å². The topological polar surface area (TPSA) is 68.6 Å². The third-order valence-electron chi connectivity index (χ3n) is 4.69. The van der Waals surface area contributed by atoms with Crippen LogP contribution in [-0.4, -0.2) is 27.4 Å². The van der Waals surface area contributed by atoms with Crippen LogP contribution in [0.2, 0.25) is 0 Å². The molecule has 0 aliphatic carbocycles. The third-order valence-corrected chi connectivity index (χ3v) is 4.69. The van der Waals surface area contributed by atoms with E-state index in [0.29, 0.717) is 5.06 Å². The second kappa shape index (κ2) is 5.84. The molecule has 3 aromatic rings. The van der Waals surface area contributed by atoms with Crippen molar-refractivity contribution in [2.75, 3.05) is 0 Å². The summed E-state index contributed by atoms with van der Waals surface area (Å²) in [5.74, 6) is -2.53. The van der Waals surface area contributed by atoms with Gasteiger partial charge in [-0.25, -0.2) is 4.79 Å². The summed E-state index contributed by atoms with van der Waals surface area (Å²) < 4.78 is 1.93. The van der Waals surface area contributed by atoms with Gasteiger partial charge in [0.15, 0.2) is 0 Å². The molecule has 2 aromatic carbocycles. The van der Waals surface area contributed by atoms with E-state index in [-0.39, 0.29) is 11.1 Å². The molecule has 2 amide bonds. The molecule has 0 saturated carbocycles. The molecule has 26 heavy (non-hydrogen) atoms. The van der Waals surface area contributed by atoms with Gasteiger partial charge >= 0.3 is 5.97 Å². The van der Waals surface area contributed by atoms with Crippen LogP contribution in [-0.2, 0) is 16.7 Å². The van der Waals surface area contributed by atoms with Gasteiger partial charge in [0.05, 0.1) is 17.0 Å². The van der Waals surface area contributed by atoms with Crippen molar-refractivity contribution in [2.45, 2.75) is 12.8 Å². The number of hydrogen-bond donors (Lipinski definition) is 0. The lowest BCUT2D eigenvalue weighted by atomic mass is 10.0. The Balaban J connectivity index is 1.61. The third kappa shape index (κ3) is 2.30. The number of rotatable bonds is 3. The summed E-state index contributed by atoms with van der Waals surface area (Å²) in [6.07, 6.45) is 1.86. The smallest absolute Gasteiger partial charge is 0.340 e. The molecule has 0 spiro atoms. The number of carbonyl (C=O) groups is 3. The monoisotopic (exact) mass is 348 g/mol. The number of nitrogens with zero attached hydrogens (tertiary/aromatic N) is 2. The number of imide groups is 1. The molecule has 0 saturated heterocycles. The first-order chi connectivity index (χ1) is 12.5. The van der Waals surface area contributed by atoms with Crippen LogP contribution in [0.4, 0.5) is 0 Å². The largest absolute Gasteiger partial charge is 0.350 e. The number of hydrogen-bond acceptors (Lipinski definition) is 4. The van der Waals surface area contributed by atoms with Crippen molar-refractivity contribution in [2.24, 2.45) is 7.05 Å². The lowest BCUT2D eigenvalue weighted by Gasteiger charge is -2.16. The lowest BCUT2D eigenvalue weighted by Crippen LogP contribution is -2.34. The van der Waals surface area contributed by atoms with Crippen LogP contribution in [0.5, 0.6) is 0 Å². The molecule has 1 aliphatic rings. The molecule has 130 valence electrons. The molecule has 0 N–H and O–H groups in total. The van der Waals surface area contributed by atoms with E-state index in [1.165, 1.54) is 12.1 Å². The van der Waals surface area contributed by atoms with E-state index in [0.717, 1.165) is 16.5 Å². The molecule has 6 heteroatoms. The van der Waals surface area contributed by atoms with Crippen molar-refractivity contribution in [1.29, 1.82) is 0 Å². The van der Waals surface area contributed by atoms with Crippen LogP contribution in [0.1, 0.15) is 39.1 Å². The van der Waals surface area contributed by atoms with Crippen LogP contribution in [0.3, 0.4) is 0 Å². The number of amides is 2. The van der Waals surface area contributed by atoms with Gasteiger partial charge in [-0.2, -0.15) is 0 Å². The quantitative estimate of drug-likeness (QED) is 0.682. The van der Waals surface area contributed by atoms with Crippen LogP contribution < -0.4 is 0 Å². The first-order valence-corrected chi connectivity index (χ1v) is 8.22. The average Bonchev–Trinajstić information content (AvgIpc) is 3.12. The molecule has 4 rings (SSSR count). The number of para-hydroxylation sites is 1. The SMILES string of the molecule is CC(C(=O)ON1C(=O)c2ccccc2C1=O)c1cn(C)c2ccccc12. The highest BCUT2D eigenvalue weighted by molar-refractivity contribution is 6.21. The Labute approximate surface area is 149 Å². The van der Waals surface area contributed by atoms with Crippen LogP contribution in [0.25, 0.3) is 10.9 Å². The Bertz CT molecular complexity index is 1030. The van der Waals surface area contributed by atoms with Gasteiger partial charge in [0, 0.05) is 24.1 Å². The molecule has 1 atom stereocenters. The van der Waals surface area contributed by atoms with E-state index < -0.39 is 23.7 Å². The first kappa shape index (κ1) is 16.1. The van der Waals surface area contributed by atoms with E-state index in [2.05, 4.69) is 0 Å². The van der Waals surface area contributed by atoms with Crippen LogP contribution in [0, 0.1) is 0 Å². The maximum atomic E-state index is 12.6. The van der Waals surface area contributed by atoms with Crippen molar-refractivity contribution in [1.82, 2.24) is 9.63 Å². The number of fused-ring (bicyclic) bond motifs is 2. The predicted octanol–water partition coefficient (Wildman–Crippen LogP) is 3.04. The van der Waals surface area contributed by atoms with E-state index in [4.69, 9.17) is 4.84 Å². The van der Waals surface area contributed by atoms with E-state index in [1.807, 2.05) is 42.1 Å². The number of benzene rings is 2. The summed E-state index contributed by atoms with van der Waals surface area (Å²) in [6.45, 7) is 1.70. The summed E-state index contributed by atoms with van der Waals surface area (Å²) in [4.78, 5) is 42.5. The van der Waals surface area contributed by atoms with Gasteiger partial charge in [0.2, 0.25) is 0 Å². The minimum absolute atomic E-state index is 0.239. The van der Waals surface area contributed by atoms with Gasteiger partial charge in [-0.1, -0.05) is 35.4 Å². The fourth-order valence-electron chi connectivity index (χ4n) is 3.26. The highest BCUT2D eigenvalue weighted by Gasteiger charge is 2.39. The molecule has 0 radical (unpaired) electrons. The standard InChI is InChI=1S/C20H16N2O4/c1-12(16-11-21(2)17-10-6-5-7-13(16)17)20(25)26-22-18(23)14-8-3-4-9-15(14)19(22)24/h3-12H,1-2H3. The zero-order valence-electron chi connectivity index (χ0n) is 14.3. The maximum absolute atomic E-state index is 12.6. The van der Waals surface area contributed by atoms with Crippen molar-refractivity contribution in [3.63, 3.8) is 0 Å². The Kier molecular flexibility index (Phi) is 3.61. The lowest BCUT2D eigenvalue weighted by molar-refractivity contribution is -0.170. The predicted molar refractivity (Wildman–Crippen MR) is 94.4 cm³/mol. The minimum Gasteiger partial charge on any atom is -0.350 e. The minimum atomic E-state index is -0.657. The van der Waals surface area contributed by atoms with Gasteiger partial charge in [-0.3, -0.25) is 9.59 Å². The molecule has 2 heterocycles. The Morgan fingerprint density at radius 2 is 1.54 bits per heavy atom. The van der Waals surface area contributed by atoms with Crippen molar-refractivity contribution >= 4 is 28.7 Å². The zero-order valence-corrected chi connectivity index (χ0v) is 14.3. The number of aromatic nitrogens is 1. The highest BCUT2D eigenvalue weighted by Crippen LogP contribution is 2.29. The van der Waals surface area contributed by atoms with Gasteiger partial charge in [-0.05, 0) is 30.7 Å². The fourth-order valence-corrected chi connectivity index (χ4v) is 3.26. The number of carbonyl (C=O) groups excluding carboxylic acids is 3. The first-order valence-electron chi connectivity index (χ1n) is 8.22. The Morgan fingerprint density at radius 3 is 2.19 bits per heavy atom. The van der Waals surface area contributed by atoms with Gasteiger partial charge in [-0.15, -0.1) is 0 Å². The molecule has 0 bridgehead atoms. The molecule has 6 nitrogen and oxygen atoms in total. The molecule has 1 aliphatic heterocycles. The Hall–Kier alpha value is -3.41. The van der Waals surface area contributed by atoms with Gasteiger partial charge in [0.25, 0.3) is 11.8 Å². The van der Waals surface area contributed by atoms with E-state index >= 15 is 0 Å². The van der Waals surface area contributed by atoms with Crippen LogP contribution in [0.15, 0.2) is 54.7 Å². The summed E-state index contributed by atoms with van der Waals surface area (Å²) in [6, 6.07) is 14.1. The van der Waals surface area contributed by atoms with E-state index in [9.17, 15) is 14.4 Å². The summed E-state index contributed by atoms with van der Waals surface area (Å²) in [5, 5.41) is 1.48. The normalized spacial score (nSPS) is 14.6. The Morgan fingerprint density at radius 1 is 0.962 bits per heavy atom. The highest BCUT2D eigenvalue weighted by atomic mass is 16.7. The van der Waals surface area contributed by atoms with Crippen molar-refractivity contribution < 1.29 is 19.2 Å².